The van der Waals surface area contributed by atoms with Crippen molar-refractivity contribution in [2.45, 2.75) is 33.1 Å². The van der Waals surface area contributed by atoms with Crippen LogP contribution >= 0.6 is 0 Å². The van der Waals surface area contributed by atoms with Gasteiger partial charge < -0.3 is 0 Å². The molecule has 6 heteroatoms. The fourth-order valence-electron chi connectivity index (χ4n) is 3.26. The van der Waals surface area contributed by atoms with Gasteiger partial charge in [-0.05, 0) is 44.9 Å². The number of hydrogen-bond donors (Lipinski definition) is 0. The van der Waals surface area contributed by atoms with Gasteiger partial charge in [-0.15, -0.1) is 0 Å². The Balaban J connectivity index is 1.89. The van der Waals surface area contributed by atoms with E-state index in [0.29, 0.717) is 5.82 Å². The fourth-order valence-corrected chi connectivity index (χ4v) is 3.26. The summed E-state index contributed by atoms with van der Waals surface area (Å²) in [5, 5.41) is 0. The molecule has 1 aliphatic heterocycles. The zero-order valence-electron chi connectivity index (χ0n) is 15.2. The van der Waals surface area contributed by atoms with Gasteiger partial charge in [0, 0.05) is 24.2 Å². The molecular weight excluding hydrogens is 326 g/mol. The third kappa shape index (κ3) is 2.45. The summed E-state index contributed by atoms with van der Waals surface area (Å²) in [5.41, 5.74) is 3.82. The van der Waals surface area contributed by atoms with Crippen LogP contribution in [0.4, 0.5) is 11.5 Å². The van der Waals surface area contributed by atoms with Gasteiger partial charge in [-0.2, -0.15) is 0 Å². The molecule has 0 fully saturated rings. The van der Waals surface area contributed by atoms with E-state index in [1.807, 2.05) is 45.9 Å². The van der Waals surface area contributed by atoms with E-state index in [-0.39, 0.29) is 5.91 Å². The van der Waals surface area contributed by atoms with Gasteiger partial charge in [-0.25, -0.2) is 15.0 Å². The van der Waals surface area contributed by atoms with Crippen LogP contribution in [0, 0.1) is 13.8 Å². The number of aryl methyl sites for hydroxylation is 2. The maximum absolute atomic E-state index is 13.1. The second-order valence-electron chi connectivity index (χ2n) is 7.04. The SMILES string of the molecule is Cc1cncc(N2C(=O)C(C)(C)c3ccc(-c4cnc(C)nc4)cc32)n1. The van der Waals surface area contributed by atoms with Gasteiger partial charge >= 0.3 is 0 Å². The van der Waals surface area contributed by atoms with Crippen LogP contribution in [0.2, 0.25) is 0 Å². The molecule has 4 rings (SSSR count). The highest BCUT2D eigenvalue weighted by Gasteiger charge is 2.45. The second kappa shape index (κ2) is 5.69. The van der Waals surface area contributed by atoms with Gasteiger partial charge in [0.25, 0.3) is 0 Å². The maximum Gasteiger partial charge on any atom is 0.242 e. The Bertz CT molecular complexity index is 1010. The molecule has 130 valence electrons. The molecule has 26 heavy (non-hydrogen) atoms. The van der Waals surface area contributed by atoms with Crippen molar-refractivity contribution in [3.8, 4) is 11.1 Å². The quantitative estimate of drug-likeness (QED) is 0.711. The van der Waals surface area contributed by atoms with Crippen molar-refractivity contribution in [3.63, 3.8) is 0 Å². The Morgan fingerprint density at radius 2 is 1.69 bits per heavy atom. The first kappa shape index (κ1) is 16.3. The first-order valence-electron chi connectivity index (χ1n) is 8.44. The minimum absolute atomic E-state index is 0.00953. The van der Waals surface area contributed by atoms with E-state index in [1.54, 1.807) is 29.7 Å². The molecule has 0 bridgehead atoms. The average Bonchev–Trinajstić information content (AvgIpc) is 2.81. The number of carbonyl (C=O) groups is 1. The van der Waals surface area contributed by atoms with Crippen molar-refractivity contribution >= 4 is 17.4 Å². The van der Waals surface area contributed by atoms with Crippen LogP contribution in [0.3, 0.4) is 0 Å². The van der Waals surface area contributed by atoms with E-state index in [9.17, 15) is 4.79 Å². The lowest BCUT2D eigenvalue weighted by Gasteiger charge is -2.19. The van der Waals surface area contributed by atoms with Crippen LogP contribution in [0.1, 0.15) is 30.9 Å². The first-order chi connectivity index (χ1) is 12.4. The molecule has 0 saturated carbocycles. The number of aromatic nitrogens is 4. The minimum atomic E-state index is -0.622. The molecule has 0 radical (unpaired) electrons. The smallest absolute Gasteiger partial charge is 0.242 e. The normalized spacial score (nSPS) is 15.2. The highest BCUT2D eigenvalue weighted by atomic mass is 16.2. The van der Waals surface area contributed by atoms with Crippen LogP contribution in [-0.4, -0.2) is 25.8 Å². The first-order valence-corrected chi connectivity index (χ1v) is 8.44. The predicted molar refractivity (Wildman–Crippen MR) is 99.1 cm³/mol. The summed E-state index contributed by atoms with van der Waals surface area (Å²) < 4.78 is 0. The summed E-state index contributed by atoms with van der Waals surface area (Å²) in [6, 6.07) is 6.01. The zero-order valence-corrected chi connectivity index (χ0v) is 15.2. The number of nitrogens with zero attached hydrogens (tertiary/aromatic N) is 5. The largest absolute Gasteiger partial charge is 0.273 e. The van der Waals surface area contributed by atoms with Crippen molar-refractivity contribution in [3.05, 3.63) is 60.1 Å². The van der Waals surface area contributed by atoms with E-state index >= 15 is 0 Å². The molecule has 6 nitrogen and oxygen atoms in total. The van der Waals surface area contributed by atoms with Crippen molar-refractivity contribution < 1.29 is 4.79 Å². The number of rotatable bonds is 2. The van der Waals surface area contributed by atoms with Gasteiger partial charge in [0.15, 0.2) is 5.82 Å². The van der Waals surface area contributed by atoms with Crippen LogP contribution in [0.25, 0.3) is 11.1 Å². The number of amides is 1. The predicted octanol–water partition coefficient (Wildman–Crippen LogP) is 3.51. The molecule has 2 aromatic heterocycles. The molecular formula is C20H19N5O. The topological polar surface area (TPSA) is 71.9 Å². The molecule has 1 amide bonds. The number of hydrogen-bond acceptors (Lipinski definition) is 5. The van der Waals surface area contributed by atoms with Crippen LogP contribution in [0.5, 0.6) is 0 Å². The molecule has 1 aromatic carbocycles. The lowest BCUT2D eigenvalue weighted by atomic mass is 9.85. The van der Waals surface area contributed by atoms with Crippen molar-refractivity contribution in [1.82, 2.24) is 19.9 Å². The summed E-state index contributed by atoms with van der Waals surface area (Å²) in [7, 11) is 0. The van der Waals surface area contributed by atoms with Crippen molar-refractivity contribution in [2.75, 3.05) is 4.90 Å². The average molecular weight is 345 g/mol. The van der Waals surface area contributed by atoms with Crippen molar-refractivity contribution in [1.29, 1.82) is 0 Å². The zero-order chi connectivity index (χ0) is 18.5. The highest BCUT2D eigenvalue weighted by molar-refractivity contribution is 6.12. The number of benzene rings is 1. The van der Waals surface area contributed by atoms with Crippen molar-refractivity contribution in [2.24, 2.45) is 0 Å². The minimum Gasteiger partial charge on any atom is -0.273 e. The van der Waals surface area contributed by atoms with Gasteiger partial charge in [-0.1, -0.05) is 12.1 Å². The molecule has 0 atom stereocenters. The Morgan fingerprint density at radius 3 is 2.38 bits per heavy atom. The molecule has 0 saturated heterocycles. The van der Waals surface area contributed by atoms with Crippen LogP contribution in [-0.2, 0) is 10.2 Å². The standard InChI is InChI=1S/C20H19N5O/c1-12-8-21-11-18(24-12)25-17-7-14(15-9-22-13(2)23-10-15)5-6-16(17)20(3,4)19(25)26/h5-11H,1-4H3. The third-order valence-electron chi connectivity index (χ3n) is 4.74. The molecule has 0 N–H and O–H groups in total. The number of anilines is 2. The van der Waals surface area contributed by atoms with E-state index in [1.165, 1.54) is 0 Å². The van der Waals surface area contributed by atoms with Gasteiger partial charge in [0.05, 0.1) is 23.0 Å². The van der Waals surface area contributed by atoms with Crippen LogP contribution < -0.4 is 4.90 Å². The third-order valence-corrected chi connectivity index (χ3v) is 4.74. The summed E-state index contributed by atoms with van der Waals surface area (Å²) in [6.07, 6.45) is 6.89. The van der Waals surface area contributed by atoms with E-state index in [4.69, 9.17) is 0 Å². The monoisotopic (exact) mass is 345 g/mol. The Labute approximate surface area is 152 Å². The number of carbonyl (C=O) groups excluding carboxylic acids is 1. The summed E-state index contributed by atoms with van der Waals surface area (Å²) in [6.45, 7) is 7.59. The lowest BCUT2D eigenvalue weighted by molar-refractivity contribution is -0.121. The summed E-state index contributed by atoms with van der Waals surface area (Å²) in [5.74, 6) is 1.26. The molecule has 0 unspecified atom stereocenters. The molecule has 3 aromatic rings. The molecule has 0 spiro atoms. The Hall–Kier alpha value is -3.15. The maximum atomic E-state index is 13.1. The highest BCUT2D eigenvalue weighted by Crippen LogP contribution is 2.46. The Morgan fingerprint density at radius 1 is 0.962 bits per heavy atom. The van der Waals surface area contributed by atoms with Crippen LogP contribution in [0.15, 0.2) is 43.0 Å². The van der Waals surface area contributed by atoms with E-state index in [2.05, 4.69) is 19.9 Å². The molecule has 3 heterocycles. The molecule has 0 aliphatic carbocycles. The second-order valence-corrected chi connectivity index (χ2v) is 7.04. The van der Waals surface area contributed by atoms with Gasteiger partial charge in [0.2, 0.25) is 5.91 Å². The van der Waals surface area contributed by atoms with E-state index in [0.717, 1.165) is 33.9 Å². The van der Waals surface area contributed by atoms with Gasteiger partial charge in [-0.3, -0.25) is 14.7 Å². The lowest BCUT2D eigenvalue weighted by Crippen LogP contribution is -2.33. The number of fused-ring (bicyclic) bond motifs is 1. The van der Waals surface area contributed by atoms with E-state index < -0.39 is 5.41 Å². The summed E-state index contributed by atoms with van der Waals surface area (Å²) >= 11 is 0. The van der Waals surface area contributed by atoms with Gasteiger partial charge in [0.1, 0.15) is 5.82 Å². The fraction of sp³-hybridized carbons (Fsp3) is 0.250. The molecule has 1 aliphatic rings. The Kier molecular flexibility index (Phi) is 3.57. The summed E-state index contributed by atoms with van der Waals surface area (Å²) in [4.78, 5) is 32.0.